The Labute approximate surface area is 179 Å². The zero-order valence-electron chi connectivity index (χ0n) is 18.5. The minimum atomic E-state index is -0.129. The van der Waals surface area contributed by atoms with Crippen LogP contribution >= 0.6 is 0 Å². The zero-order valence-corrected chi connectivity index (χ0v) is 18.5. The number of methoxy groups -OCH3 is 1. The van der Waals surface area contributed by atoms with E-state index in [0.29, 0.717) is 25.7 Å². The lowest BCUT2D eigenvalue weighted by atomic mass is 9.74. The third kappa shape index (κ3) is 5.33. The van der Waals surface area contributed by atoms with Crippen LogP contribution in [-0.2, 0) is 14.9 Å². The van der Waals surface area contributed by atoms with Crippen molar-refractivity contribution in [3.05, 3.63) is 59.2 Å². The molecule has 0 saturated carbocycles. The fourth-order valence-electron chi connectivity index (χ4n) is 4.13. The van der Waals surface area contributed by atoms with Crippen molar-refractivity contribution >= 4 is 5.91 Å². The van der Waals surface area contributed by atoms with E-state index >= 15 is 0 Å². The molecule has 0 aromatic heterocycles. The summed E-state index contributed by atoms with van der Waals surface area (Å²) >= 11 is 0. The summed E-state index contributed by atoms with van der Waals surface area (Å²) in [5.41, 5.74) is 3.56. The molecule has 5 nitrogen and oxygen atoms in total. The molecule has 0 unspecified atom stereocenters. The van der Waals surface area contributed by atoms with E-state index in [9.17, 15) is 4.79 Å². The Balaban J connectivity index is 1.60. The van der Waals surface area contributed by atoms with Gasteiger partial charge in [0, 0.05) is 25.2 Å². The smallest absolute Gasteiger partial charge is 0.257 e. The summed E-state index contributed by atoms with van der Waals surface area (Å²) in [5, 5.41) is 3.08. The number of amides is 1. The van der Waals surface area contributed by atoms with Crippen LogP contribution in [0.5, 0.6) is 11.5 Å². The lowest BCUT2D eigenvalue weighted by Crippen LogP contribution is -2.45. The molecule has 162 valence electrons. The lowest BCUT2D eigenvalue weighted by molar-refractivity contribution is -0.123. The highest BCUT2D eigenvalue weighted by molar-refractivity contribution is 5.77. The number of ether oxygens (including phenoxy) is 3. The average Bonchev–Trinajstić information content (AvgIpc) is 2.76. The molecule has 0 atom stereocenters. The van der Waals surface area contributed by atoms with E-state index in [1.54, 1.807) is 7.11 Å². The van der Waals surface area contributed by atoms with E-state index < -0.39 is 0 Å². The minimum absolute atomic E-state index is 0.00958. The second kappa shape index (κ2) is 9.98. The van der Waals surface area contributed by atoms with Crippen molar-refractivity contribution < 1.29 is 19.0 Å². The van der Waals surface area contributed by atoms with Crippen LogP contribution in [0.1, 0.15) is 49.3 Å². The molecule has 2 aromatic carbocycles. The van der Waals surface area contributed by atoms with E-state index in [0.717, 1.165) is 24.3 Å². The van der Waals surface area contributed by atoms with Crippen LogP contribution in [0.3, 0.4) is 0 Å². The molecule has 5 heteroatoms. The van der Waals surface area contributed by atoms with Crippen LogP contribution in [0.15, 0.2) is 42.5 Å². The number of carbonyl (C=O) groups is 1. The van der Waals surface area contributed by atoms with Gasteiger partial charge in [-0.25, -0.2) is 0 Å². The minimum Gasteiger partial charge on any atom is -0.497 e. The molecule has 1 saturated heterocycles. The summed E-state index contributed by atoms with van der Waals surface area (Å²) in [4.78, 5) is 12.5. The Morgan fingerprint density at radius 3 is 2.37 bits per heavy atom. The quantitative estimate of drug-likeness (QED) is 0.701. The number of hydrogen-bond acceptors (Lipinski definition) is 4. The number of hydrogen-bond donors (Lipinski definition) is 1. The second-order valence-electron chi connectivity index (χ2n) is 8.36. The Morgan fingerprint density at radius 1 is 1.10 bits per heavy atom. The van der Waals surface area contributed by atoms with Gasteiger partial charge in [-0.1, -0.05) is 32.0 Å². The van der Waals surface area contributed by atoms with Crippen LogP contribution in [0.4, 0.5) is 0 Å². The number of benzene rings is 2. The number of nitrogens with one attached hydrogen (secondary N) is 1. The van der Waals surface area contributed by atoms with E-state index in [1.165, 1.54) is 16.7 Å². The highest BCUT2D eigenvalue weighted by Crippen LogP contribution is 2.35. The largest absolute Gasteiger partial charge is 0.497 e. The predicted molar refractivity (Wildman–Crippen MR) is 118 cm³/mol. The molecule has 2 aromatic rings. The van der Waals surface area contributed by atoms with Crippen molar-refractivity contribution in [2.24, 2.45) is 0 Å². The Kier molecular flexibility index (Phi) is 7.38. The fourth-order valence-corrected chi connectivity index (χ4v) is 4.13. The molecule has 1 aliphatic heterocycles. The Bertz CT molecular complexity index is 839. The van der Waals surface area contributed by atoms with Gasteiger partial charge in [0.25, 0.3) is 5.91 Å². The summed E-state index contributed by atoms with van der Waals surface area (Å²) in [7, 11) is 1.66. The molecular formula is C25H33NO4. The van der Waals surface area contributed by atoms with E-state index in [1.807, 2.05) is 24.3 Å². The Morgan fingerprint density at radius 2 is 1.77 bits per heavy atom. The van der Waals surface area contributed by atoms with Crippen molar-refractivity contribution in [3.63, 3.8) is 0 Å². The summed E-state index contributed by atoms with van der Waals surface area (Å²) in [6.07, 6.45) is 1.74. The first-order chi connectivity index (χ1) is 14.4. The molecular weight excluding hydrogens is 378 g/mol. The van der Waals surface area contributed by atoms with Crippen molar-refractivity contribution in [3.8, 4) is 11.5 Å². The molecule has 0 radical (unpaired) electrons. The first-order valence-electron chi connectivity index (χ1n) is 10.7. The summed E-state index contributed by atoms with van der Waals surface area (Å²) < 4.78 is 16.6. The molecule has 1 amide bonds. The molecule has 0 bridgehead atoms. The average molecular weight is 412 g/mol. The van der Waals surface area contributed by atoms with Crippen LogP contribution in [0.25, 0.3) is 0 Å². The summed E-state index contributed by atoms with van der Waals surface area (Å²) in [5.74, 6) is 1.91. The van der Waals surface area contributed by atoms with E-state index in [-0.39, 0.29) is 17.9 Å². The maximum Gasteiger partial charge on any atom is 0.257 e. The second-order valence-corrected chi connectivity index (χ2v) is 8.36. The third-order valence-electron chi connectivity index (χ3n) is 6.01. The normalized spacial score (nSPS) is 15.6. The fraction of sp³-hybridized carbons (Fsp3) is 0.480. The van der Waals surface area contributed by atoms with Gasteiger partial charge in [0.1, 0.15) is 11.5 Å². The maximum atomic E-state index is 12.5. The number of aryl methyl sites for hydroxylation is 1. The molecule has 0 spiro atoms. The van der Waals surface area contributed by atoms with Gasteiger partial charge in [-0.3, -0.25) is 4.79 Å². The maximum absolute atomic E-state index is 12.5. The molecule has 0 aliphatic carbocycles. The first-order valence-corrected chi connectivity index (χ1v) is 10.7. The lowest BCUT2D eigenvalue weighted by Gasteiger charge is -2.38. The van der Waals surface area contributed by atoms with Crippen molar-refractivity contribution in [1.82, 2.24) is 5.32 Å². The topological polar surface area (TPSA) is 56.8 Å². The molecule has 1 N–H and O–H groups in total. The van der Waals surface area contributed by atoms with Gasteiger partial charge in [-0.05, 0) is 66.6 Å². The number of carbonyl (C=O) groups excluding carboxylic acids is 1. The van der Waals surface area contributed by atoms with Gasteiger partial charge in [0.15, 0.2) is 6.61 Å². The highest BCUT2D eigenvalue weighted by atomic mass is 16.5. The molecule has 1 fully saturated rings. The van der Waals surface area contributed by atoms with Gasteiger partial charge < -0.3 is 19.5 Å². The van der Waals surface area contributed by atoms with Crippen LogP contribution in [-0.4, -0.2) is 39.4 Å². The van der Waals surface area contributed by atoms with Gasteiger partial charge in [0.05, 0.1) is 7.11 Å². The van der Waals surface area contributed by atoms with Crippen molar-refractivity contribution in [2.45, 2.75) is 44.9 Å². The molecule has 1 heterocycles. The molecule has 1 aliphatic rings. The SMILES string of the molecule is COc1ccc(C2(CNC(=O)COc3ccc(C(C)C)c(C)c3)CCOCC2)cc1. The van der Waals surface area contributed by atoms with Crippen molar-refractivity contribution in [1.29, 1.82) is 0 Å². The van der Waals surface area contributed by atoms with Gasteiger partial charge >= 0.3 is 0 Å². The van der Waals surface area contributed by atoms with Crippen LogP contribution < -0.4 is 14.8 Å². The highest BCUT2D eigenvalue weighted by Gasteiger charge is 2.34. The third-order valence-corrected chi connectivity index (χ3v) is 6.01. The van der Waals surface area contributed by atoms with E-state index in [2.05, 4.69) is 44.3 Å². The van der Waals surface area contributed by atoms with Gasteiger partial charge in [-0.15, -0.1) is 0 Å². The molecule has 30 heavy (non-hydrogen) atoms. The summed E-state index contributed by atoms with van der Waals surface area (Å²) in [6.45, 7) is 8.38. The van der Waals surface area contributed by atoms with Crippen LogP contribution in [0.2, 0.25) is 0 Å². The monoisotopic (exact) mass is 411 g/mol. The molecule has 3 rings (SSSR count). The summed E-state index contributed by atoms with van der Waals surface area (Å²) in [6, 6.07) is 14.1. The van der Waals surface area contributed by atoms with Gasteiger partial charge in [0.2, 0.25) is 0 Å². The number of rotatable bonds is 8. The van der Waals surface area contributed by atoms with Crippen molar-refractivity contribution in [2.75, 3.05) is 33.5 Å². The standard InChI is InChI=1S/C25H33NO4/c1-18(2)23-10-9-22(15-19(23)3)30-16-24(27)26-17-25(11-13-29-14-12-25)20-5-7-21(28-4)8-6-20/h5-10,15,18H,11-14,16-17H2,1-4H3,(H,26,27). The Hall–Kier alpha value is -2.53. The predicted octanol–water partition coefficient (Wildman–Crippen LogP) is 4.37. The van der Waals surface area contributed by atoms with Crippen LogP contribution in [0, 0.1) is 6.92 Å². The van der Waals surface area contributed by atoms with Gasteiger partial charge in [-0.2, -0.15) is 0 Å². The first kappa shape index (κ1) is 22.2. The van der Waals surface area contributed by atoms with E-state index in [4.69, 9.17) is 14.2 Å². The zero-order chi connectivity index (χ0) is 21.6.